The monoisotopic (exact) mass is 526 g/mol. The molecule has 2 bridgehead atoms. The van der Waals surface area contributed by atoms with Gasteiger partial charge in [-0.25, -0.2) is 19.2 Å². The van der Waals surface area contributed by atoms with Crippen LogP contribution in [0.3, 0.4) is 0 Å². The zero-order chi connectivity index (χ0) is 28.0. The van der Waals surface area contributed by atoms with Crippen LogP contribution < -0.4 is 15.5 Å². The van der Waals surface area contributed by atoms with Crippen molar-refractivity contribution < 1.29 is 38.9 Å². The highest BCUT2D eigenvalue weighted by Gasteiger charge is 2.33. The standard InChI is InChI=1S/C26H30N4O8/c1-26(2,3)38-24(34)29-18-7-5-6-8-20(22(31)32)30(25(35)36)21-14-16(28-23(33)37-4)9-10-17(21)15-11-12-27-19(18)13-15/h5-6,9-14,18,20H,7-8H2,1-4H3,(H,28,33)(H,29,34)(H,31,32)(H,35,36)/t18?,20-/m0/s1. The van der Waals surface area contributed by atoms with Gasteiger partial charge >= 0.3 is 24.2 Å². The van der Waals surface area contributed by atoms with Crippen molar-refractivity contribution in [2.75, 3.05) is 17.3 Å². The van der Waals surface area contributed by atoms with Crippen LogP contribution >= 0.6 is 0 Å². The predicted molar refractivity (Wildman–Crippen MR) is 138 cm³/mol. The van der Waals surface area contributed by atoms with Crippen molar-refractivity contribution in [3.05, 3.63) is 54.4 Å². The molecule has 2 atom stereocenters. The van der Waals surface area contributed by atoms with Gasteiger partial charge < -0.3 is 25.0 Å². The lowest BCUT2D eigenvalue weighted by atomic mass is 9.98. The number of ether oxygens (including phenoxy) is 2. The van der Waals surface area contributed by atoms with Crippen molar-refractivity contribution in [3.63, 3.8) is 0 Å². The first kappa shape index (κ1) is 28.0. The molecule has 3 amide bonds. The second-order valence-corrected chi connectivity index (χ2v) is 9.47. The van der Waals surface area contributed by atoms with E-state index in [1.54, 1.807) is 51.1 Å². The van der Waals surface area contributed by atoms with Gasteiger partial charge in [0.25, 0.3) is 0 Å². The van der Waals surface area contributed by atoms with Crippen molar-refractivity contribution in [1.29, 1.82) is 0 Å². The molecule has 2 aromatic rings. The quantitative estimate of drug-likeness (QED) is 0.411. The Bertz CT molecular complexity index is 1250. The zero-order valence-corrected chi connectivity index (χ0v) is 21.4. The summed E-state index contributed by atoms with van der Waals surface area (Å²) in [6, 6.07) is 5.69. The summed E-state index contributed by atoms with van der Waals surface area (Å²) in [5.41, 5.74) is 0.889. The summed E-state index contributed by atoms with van der Waals surface area (Å²) >= 11 is 0. The van der Waals surface area contributed by atoms with Crippen LogP contribution in [0.2, 0.25) is 0 Å². The van der Waals surface area contributed by atoms with Crippen LogP contribution in [-0.2, 0) is 14.3 Å². The molecule has 202 valence electrons. The second kappa shape index (κ2) is 11.6. The minimum atomic E-state index is -1.49. The Labute approximate surface area is 219 Å². The molecule has 0 radical (unpaired) electrons. The van der Waals surface area contributed by atoms with E-state index >= 15 is 0 Å². The van der Waals surface area contributed by atoms with Crippen LogP contribution in [0.5, 0.6) is 0 Å². The van der Waals surface area contributed by atoms with Crippen molar-refractivity contribution in [1.82, 2.24) is 10.3 Å². The number of methoxy groups -OCH3 is 1. The normalized spacial score (nSPS) is 17.2. The summed E-state index contributed by atoms with van der Waals surface area (Å²) in [6.07, 6.45) is 1.89. The van der Waals surface area contributed by atoms with E-state index in [-0.39, 0.29) is 24.2 Å². The number of hydrogen-bond donors (Lipinski definition) is 4. The van der Waals surface area contributed by atoms with E-state index in [1.165, 1.54) is 25.4 Å². The van der Waals surface area contributed by atoms with Gasteiger partial charge in [0, 0.05) is 17.4 Å². The Morgan fingerprint density at radius 1 is 1.03 bits per heavy atom. The van der Waals surface area contributed by atoms with Gasteiger partial charge in [-0.3, -0.25) is 15.2 Å². The average Bonchev–Trinajstić information content (AvgIpc) is 2.83. The average molecular weight is 527 g/mol. The first-order valence-corrected chi connectivity index (χ1v) is 11.7. The number of alkyl carbamates (subject to hydrolysis) is 1. The molecule has 1 aliphatic rings. The first-order chi connectivity index (χ1) is 17.9. The van der Waals surface area contributed by atoms with Crippen LogP contribution in [0.4, 0.5) is 25.8 Å². The van der Waals surface area contributed by atoms with Crippen molar-refractivity contribution in [2.45, 2.75) is 51.3 Å². The fraction of sp³-hybridized carbons (Fsp3) is 0.346. The molecular formula is C26H30N4O8. The lowest BCUT2D eigenvalue weighted by Gasteiger charge is -2.29. The highest BCUT2D eigenvalue weighted by molar-refractivity contribution is 6.00. The summed E-state index contributed by atoms with van der Waals surface area (Å²) in [4.78, 5) is 54.1. The summed E-state index contributed by atoms with van der Waals surface area (Å²) in [5, 5.41) is 25.3. The number of carbonyl (C=O) groups is 4. The van der Waals surface area contributed by atoms with E-state index in [0.717, 1.165) is 4.90 Å². The number of benzene rings is 1. The minimum Gasteiger partial charge on any atom is -0.480 e. The fourth-order valence-corrected chi connectivity index (χ4v) is 3.91. The van der Waals surface area contributed by atoms with Crippen LogP contribution in [0.15, 0.2) is 48.7 Å². The van der Waals surface area contributed by atoms with Gasteiger partial charge in [-0.2, -0.15) is 0 Å². The Kier molecular flexibility index (Phi) is 8.56. The van der Waals surface area contributed by atoms with Gasteiger partial charge in [-0.05, 0) is 63.4 Å². The molecule has 4 N–H and O–H groups in total. The number of carbonyl (C=O) groups excluding carboxylic acids is 2. The molecule has 1 aromatic carbocycles. The third-order valence-electron chi connectivity index (χ3n) is 5.53. The molecule has 1 aliphatic heterocycles. The minimum absolute atomic E-state index is 0.0292. The predicted octanol–water partition coefficient (Wildman–Crippen LogP) is 4.78. The molecule has 12 heteroatoms. The highest BCUT2D eigenvalue weighted by Crippen LogP contribution is 2.37. The van der Waals surface area contributed by atoms with Gasteiger partial charge in [0.1, 0.15) is 11.6 Å². The highest BCUT2D eigenvalue weighted by atomic mass is 16.6. The van der Waals surface area contributed by atoms with Crippen molar-refractivity contribution in [2.24, 2.45) is 0 Å². The SMILES string of the molecule is COC(=O)Nc1ccc2c(c1)N(C(=O)O)[C@H](C(=O)O)CC=CCC(NC(=O)OC(C)(C)C)c1cc-2ccn1. The summed E-state index contributed by atoms with van der Waals surface area (Å²) in [5.74, 6) is -1.36. The maximum Gasteiger partial charge on any atom is 0.412 e. The van der Waals surface area contributed by atoms with Gasteiger partial charge in [-0.15, -0.1) is 0 Å². The van der Waals surface area contributed by atoms with E-state index in [0.29, 0.717) is 16.8 Å². The molecule has 0 aliphatic carbocycles. The van der Waals surface area contributed by atoms with Gasteiger partial charge in [0.15, 0.2) is 0 Å². The van der Waals surface area contributed by atoms with Crippen LogP contribution in [0, 0.1) is 0 Å². The maximum atomic E-state index is 12.5. The molecule has 1 aromatic heterocycles. The fourth-order valence-electron chi connectivity index (χ4n) is 3.91. The van der Waals surface area contributed by atoms with Gasteiger partial charge in [-0.1, -0.05) is 18.2 Å². The molecule has 0 saturated heterocycles. The number of nitrogens with zero attached hydrogens (tertiary/aromatic N) is 2. The summed E-state index contributed by atoms with van der Waals surface area (Å²) < 4.78 is 10.0. The number of nitrogens with one attached hydrogen (secondary N) is 2. The van der Waals surface area contributed by atoms with E-state index in [1.807, 2.05) is 0 Å². The van der Waals surface area contributed by atoms with Crippen LogP contribution in [0.25, 0.3) is 11.1 Å². The number of pyridine rings is 1. The topological polar surface area (TPSA) is 167 Å². The second-order valence-electron chi connectivity index (χ2n) is 9.47. The largest absolute Gasteiger partial charge is 0.480 e. The van der Waals surface area contributed by atoms with Gasteiger partial charge in [0.05, 0.1) is 24.5 Å². The molecule has 38 heavy (non-hydrogen) atoms. The van der Waals surface area contributed by atoms with Gasteiger partial charge in [0.2, 0.25) is 0 Å². The smallest absolute Gasteiger partial charge is 0.412 e. The number of fused-ring (bicyclic) bond motifs is 4. The molecule has 0 saturated carbocycles. The van der Waals surface area contributed by atoms with E-state index in [9.17, 15) is 29.4 Å². The van der Waals surface area contributed by atoms with E-state index in [4.69, 9.17) is 4.74 Å². The van der Waals surface area contributed by atoms with Crippen molar-refractivity contribution >= 4 is 35.6 Å². The number of hydrogen-bond acceptors (Lipinski definition) is 7. The zero-order valence-electron chi connectivity index (χ0n) is 21.4. The molecule has 3 rings (SSSR count). The van der Waals surface area contributed by atoms with Crippen molar-refractivity contribution in [3.8, 4) is 11.1 Å². The van der Waals surface area contributed by atoms with Crippen LogP contribution in [-0.4, -0.2) is 58.2 Å². The molecule has 1 unspecified atom stereocenters. The number of amides is 3. The molecule has 0 fully saturated rings. The molecule has 0 spiro atoms. The molecule has 2 heterocycles. The maximum absolute atomic E-state index is 12.5. The Morgan fingerprint density at radius 3 is 2.37 bits per heavy atom. The number of rotatable bonds is 3. The number of carboxylic acids is 1. The van der Waals surface area contributed by atoms with Crippen LogP contribution in [0.1, 0.15) is 45.3 Å². The Morgan fingerprint density at radius 2 is 1.74 bits per heavy atom. The van der Waals surface area contributed by atoms with E-state index in [2.05, 4.69) is 20.4 Å². The Hall–Kier alpha value is -4.61. The molecular weight excluding hydrogens is 496 g/mol. The third-order valence-corrected chi connectivity index (χ3v) is 5.53. The lowest BCUT2D eigenvalue weighted by Crippen LogP contribution is -2.44. The Balaban J connectivity index is 2.18. The van der Waals surface area contributed by atoms with E-state index < -0.39 is 41.9 Å². The lowest BCUT2D eigenvalue weighted by molar-refractivity contribution is -0.138. The molecule has 12 nitrogen and oxygen atoms in total. The number of carboxylic acid groups (broad SMARTS) is 2. The summed E-state index contributed by atoms with van der Waals surface area (Å²) in [6.45, 7) is 5.23. The number of aromatic nitrogens is 1. The first-order valence-electron chi connectivity index (χ1n) is 11.7. The third kappa shape index (κ3) is 6.99. The number of anilines is 2. The summed E-state index contributed by atoms with van der Waals surface area (Å²) in [7, 11) is 1.18. The number of aliphatic carboxylic acids is 1.